The molecule has 176 valence electrons. The minimum absolute atomic E-state index is 0. The Bertz CT molecular complexity index is 1030. The van der Waals surface area contributed by atoms with Gasteiger partial charge in [-0.3, -0.25) is 0 Å². The van der Waals surface area contributed by atoms with Gasteiger partial charge in [0.05, 0.1) is 0 Å². The van der Waals surface area contributed by atoms with Crippen LogP contribution in [0.3, 0.4) is 0 Å². The quantitative estimate of drug-likeness (QED) is 0.340. The molecule has 1 aliphatic carbocycles. The van der Waals surface area contributed by atoms with Crippen LogP contribution >= 0.6 is 0 Å². The molecule has 0 bridgehead atoms. The first-order chi connectivity index (χ1) is 15.2. The van der Waals surface area contributed by atoms with Gasteiger partial charge in [-0.1, -0.05) is 108 Å². The third-order valence-electron chi connectivity index (χ3n) is 7.45. The van der Waals surface area contributed by atoms with Gasteiger partial charge in [-0.25, -0.2) is 0 Å². The van der Waals surface area contributed by atoms with E-state index >= 15 is 0 Å². The molecule has 0 heteroatoms. The van der Waals surface area contributed by atoms with Crippen LogP contribution in [0.2, 0.25) is 0 Å². The van der Waals surface area contributed by atoms with Crippen molar-refractivity contribution in [2.45, 2.75) is 67.2 Å². The summed E-state index contributed by atoms with van der Waals surface area (Å²) in [5.74, 6) is 2.66. The second kappa shape index (κ2) is 11.5. The molecule has 0 nitrogen and oxygen atoms in total. The van der Waals surface area contributed by atoms with E-state index in [1.165, 1.54) is 51.8 Å². The van der Waals surface area contributed by atoms with Crippen molar-refractivity contribution in [3.8, 4) is 11.1 Å². The molecule has 0 saturated heterocycles. The van der Waals surface area contributed by atoms with Crippen molar-refractivity contribution < 1.29 is 0 Å². The highest BCUT2D eigenvalue weighted by molar-refractivity contribution is 5.74. The fourth-order valence-electron chi connectivity index (χ4n) is 5.04. The topological polar surface area (TPSA) is 0 Å². The highest BCUT2D eigenvalue weighted by atomic mass is 14.4. The first kappa shape index (κ1) is 26.7. The Morgan fingerprint density at radius 1 is 1.09 bits per heavy atom. The molecule has 3 rings (SSSR count). The fourth-order valence-corrected chi connectivity index (χ4v) is 5.04. The molecule has 2 aromatic rings. The van der Waals surface area contributed by atoms with Crippen LogP contribution < -0.4 is 0 Å². The Hall–Kier alpha value is -2.60. The lowest BCUT2D eigenvalue weighted by molar-refractivity contribution is 0.237. The van der Waals surface area contributed by atoms with Crippen molar-refractivity contribution in [3.63, 3.8) is 0 Å². The lowest BCUT2D eigenvalue weighted by Gasteiger charge is -2.39. The molecule has 0 aromatic heterocycles. The van der Waals surface area contributed by atoms with Gasteiger partial charge in [-0.05, 0) is 96.2 Å². The zero-order chi connectivity index (χ0) is 23.4. The SMILES string of the molecule is C.C=Cc1ccc(-c2ccc(C)c(C(C)C(C)CC3C(=C)CC3C)c2)cc1/C=C\CC(=C)C. The van der Waals surface area contributed by atoms with Gasteiger partial charge in [-0.15, -0.1) is 0 Å². The van der Waals surface area contributed by atoms with E-state index in [2.05, 4.69) is 103 Å². The molecule has 4 unspecified atom stereocenters. The molecule has 0 spiro atoms. The molecule has 1 aliphatic rings. The van der Waals surface area contributed by atoms with Crippen LogP contribution in [0, 0.1) is 24.7 Å². The molecule has 0 amide bonds. The first-order valence-electron chi connectivity index (χ1n) is 12.1. The monoisotopic (exact) mass is 440 g/mol. The third-order valence-corrected chi connectivity index (χ3v) is 7.45. The van der Waals surface area contributed by atoms with Gasteiger partial charge < -0.3 is 0 Å². The number of rotatable bonds is 9. The molecule has 0 aliphatic heterocycles. The van der Waals surface area contributed by atoms with Gasteiger partial charge in [0.2, 0.25) is 0 Å². The maximum atomic E-state index is 4.28. The van der Waals surface area contributed by atoms with Crippen molar-refractivity contribution in [1.29, 1.82) is 0 Å². The maximum Gasteiger partial charge on any atom is -0.0141 e. The lowest BCUT2D eigenvalue weighted by atomic mass is 9.66. The summed E-state index contributed by atoms with van der Waals surface area (Å²) in [6, 6.07) is 13.6. The van der Waals surface area contributed by atoms with Gasteiger partial charge in [-0.2, -0.15) is 0 Å². The highest BCUT2D eigenvalue weighted by Gasteiger charge is 2.33. The Morgan fingerprint density at radius 3 is 2.36 bits per heavy atom. The van der Waals surface area contributed by atoms with E-state index in [1.54, 1.807) is 0 Å². The summed E-state index contributed by atoms with van der Waals surface area (Å²) in [6.45, 7) is 23.8. The molecule has 4 atom stereocenters. The largest absolute Gasteiger partial charge is 0.0998 e. The van der Waals surface area contributed by atoms with Gasteiger partial charge in [0.1, 0.15) is 0 Å². The van der Waals surface area contributed by atoms with Gasteiger partial charge in [0.25, 0.3) is 0 Å². The molecule has 0 N–H and O–H groups in total. The molecule has 33 heavy (non-hydrogen) atoms. The van der Waals surface area contributed by atoms with Crippen LogP contribution in [0.15, 0.2) is 73.4 Å². The summed E-state index contributed by atoms with van der Waals surface area (Å²) in [4.78, 5) is 0. The van der Waals surface area contributed by atoms with E-state index in [9.17, 15) is 0 Å². The molecule has 2 aromatic carbocycles. The number of hydrogen-bond acceptors (Lipinski definition) is 0. The Kier molecular flexibility index (Phi) is 9.29. The van der Waals surface area contributed by atoms with Crippen LogP contribution in [-0.2, 0) is 0 Å². The normalized spacial score (nSPS) is 19.5. The van der Waals surface area contributed by atoms with Crippen molar-refractivity contribution in [1.82, 2.24) is 0 Å². The van der Waals surface area contributed by atoms with Crippen LogP contribution in [-0.4, -0.2) is 0 Å². The summed E-state index contributed by atoms with van der Waals surface area (Å²) >= 11 is 0. The molecule has 0 heterocycles. The minimum Gasteiger partial charge on any atom is -0.0998 e. The third kappa shape index (κ3) is 6.26. The van der Waals surface area contributed by atoms with E-state index in [1.807, 2.05) is 6.08 Å². The Labute approximate surface area is 203 Å². The van der Waals surface area contributed by atoms with Crippen LogP contribution in [0.4, 0.5) is 0 Å². The van der Waals surface area contributed by atoms with E-state index in [4.69, 9.17) is 0 Å². The molecule has 0 radical (unpaired) electrons. The highest BCUT2D eigenvalue weighted by Crippen LogP contribution is 2.45. The number of benzene rings is 2. The summed E-state index contributed by atoms with van der Waals surface area (Å²) in [6.07, 6.45) is 9.68. The number of hydrogen-bond donors (Lipinski definition) is 0. The fraction of sp³-hybridized carbons (Fsp3) is 0.394. The summed E-state index contributed by atoms with van der Waals surface area (Å²) in [5.41, 5.74) is 10.4. The standard InChI is InChI=1S/C32H40.CH4/c1-9-27-15-16-29(19-28(27)12-10-11-21(2)3)30-14-13-22(4)32(20-30)26(8)23(5)18-31-24(6)17-25(31)7;/h9-10,12-16,19-20,23,25-26,31H,1-2,6,11,17-18H2,3-5,7-8H3;1H4/b12-10-;. The van der Waals surface area contributed by atoms with Crippen molar-refractivity contribution in [2.75, 3.05) is 0 Å². The van der Waals surface area contributed by atoms with Crippen molar-refractivity contribution >= 4 is 12.2 Å². The van der Waals surface area contributed by atoms with Crippen molar-refractivity contribution in [3.05, 3.63) is 95.6 Å². The van der Waals surface area contributed by atoms with Gasteiger partial charge in [0.15, 0.2) is 0 Å². The van der Waals surface area contributed by atoms with Crippen molar-refractivity contribution in [2.24, 2.45) is 17.8 Å². The smallest absolute Gasteiger partial charge is 0.0141 e. The van der Waals surface area contributed by atoms with E-state index in [0.717, 1.165) is 17.9 Å². The van der Waals surface area contributed by atoms with Crippen LogP contribution in [0.1, 0.15) is 82.6 Å². The van der Waals surface area contributed by atoms with Crippen LogP contribution in [0.25, 0.3) is 23.3 Å². The van der Waals surface area contributed by atoms with E-state index in [0.29, 0.717) is 17.8 Å². The predicted octanol–water partition coefficient (Wildman–Crippen LogP) is 10.3. The summed E-state index contributed by atoms with van der Waals surface area (Å²) in [7, 11) is 0. The maximum absolute atomic E-state index is 4.28. The van der Waals surface area contributed by atoms with E-state index < -0.39 is 0 Å². The molecule has 1 fully saturated rings. The zero-order valence-electron chi connectivity index (χ0n) is 20.7. The second-order valence-corrected chi connectivity index (χ2v) is 10.1. The average Bonchev–Trinajstić information content (AvgIpc) is 2.77. The minimum atomic E-state index is 0. The Morgan fingerprint density at radius 2 is 1.76 bits per heavy atom. The zero-order valence-corrected chi connectivity index (χ0v) is 20.7. The molecular formula is C33H44. The molecular weight excluding hydrogens is 396 g/mol. The van der Waals surface area contributed by atoms with Crippen LogP contribution in [0.5, 0.6) is 0 Å². The average molecular weight is 441 g/mol. The number of allylic oxidation sites excluding steroid dienone is 3. The first-order valence-corrected chi connectivity index (χ1v) is 12.1. The Balaban J connectivity index is 0.00000385. The number of aryl methyl sites for hydroxylation is 1. The van der Waals surface area contributed by atoms with E-state index in [-0.39, 0.29) is 7.43 Å². The predicted molar refractivity (Wildman–Crippen MR) is 151 cm³/mol. The summed E-state index contributed by atoms with van der Waals surface area (Å²) in [5, 5.41) is 0. The summed E-state index contributed by atoms with van der Waals surface area (Å²) < 4.78 is 0. The second-order valence-electron chi connectivity index (χ2n) is 10.1. The van der Waals surface area contributed by atoms with Gasteiger partial charge >= 0.3 is 0 Å². The van der Waals surface area contributed by atoms with Gasteiger partial charge in [0, 0.05) is 0 Å². The lowest BCUT2D eigenvalue weighted by Crippen LogP contribution is -2.28. The molecule has 1 saturated carbocycles.